The molecule has 2 fully saturated rings. The van der Waals surface area contributed by atoms with Crippen molar-refractivity contribution in [2.75, 3.05) is 71.6 Å². The summed E-state index contributed by atoms with van der Waals surface area (Å²) >= 11 is 0.570. The fourth-order valence-electron chi connectivity index (χ4n) is 5.14. The summed E-state index contributed by atoms with van der Waals surface area (Å²) in [5.41, 5.74) is -3.83. The van der Waals surface area contributed by atoms with Gasteiger partial charge < -0.3 is 29.3 Å². The minimum atomic E-state index is -5.35. The SMILES string of the molecule is COCCOCC(=O)N1CCC(Nc2cccc(Sc3ccc(/C=C/C(=O)N4CCOCC4)c(C(F)(F)F)c3C(F)(F)F)c2)CC1. The number of piperidine rings is 1. The van der Waals surface area contributed by atoms with Crippen molar-refractivity contribution >= 4 is 35.3 Å². The molecule has 1 N–H and O–H groups in total. The Morgan fingerprint density at radius 3 is 2.30 bits per heavy atom. The summed E-state index contributed by atoms with van der Waals surface area (Å²) in [5, 5.41) is 3.32. The molecular weight excluding hydrogens is 640 g/mol. The number of halogens is 6. The number of morpholine rings is 1. The minimum Gasteiger partial charge on any atom is -0.382 e. The highest BCUT2D eigenvalue weighted by atomic mass is 32.2. The maximum atomic E-state index is 14.3. The van der Waals surface area contributed by atoms with Crippen molar-refractivity contribution in [1.29, 1.82) is 0 Å². The lowest BCUT2D eigenvalue weighted by Gasteiger charge is -2.33. The second kappa shape index (κ2) is 16.0. The van der Waals surface area contributed by atoms with Gasteiger partial charge in [-0.25, -0.2) is 0 Å². The highest BCUT2D eigenvalue weighted by Crippen LogP contribution is 2.48. The van der Waals surface area contributed by atoms with Gasteiger partial charge in [-0.1, -0.05) is 23.9 Å². The fourth-order valence-corrected chi connectivity index (χ4v) is 6.18. The number of hydrogen-bond donors (Lipinski definition) is 1. The topological polar surface area (TPSA) is 80.3 Å². The minimum absolute atomic E-state index is 0.0208. The number of likely N-dealkylation sites (tertiary alicyclic amines) is 1. The molecular formula is C31H35F6N3O5S. The third-order valence-corrected chi connectivity index (χ3v) is 8.48. The highest BCUT2D eigenvalue weighted by Gasteiger charge is 2.46. The number of alkyl halides is 6. The summed E-state index contributed by atoms with van der Waals surface area (Å²) in [6, 6.07) is 8.34. The molecule has 2 aliphatic heterocycles. The van der Waals surface area contributed by atoms with E-state index in [1.165, 1.54) is 18.1 Å². The van der Waals surface area contributed by atoms with Crippen LogP contribution < -0.4 is 5.32 Å². The van der Waals surface area contributed by atoms with Crippen LogP contribution in [-0.2, 0) is 36.2 Å². The van der Waals surface area contributed by atoms with Gasteiger partial charge in [0.15, 0.2) is 0 Å². The van der Waals surface area contributed by atoms with Crippen LogP contribution in [-0.4, -0.2) is 94.0 Å². The summed E-state index contributed by atoms with van der Waals surface area (Å²) in [6.45, 7) is 2.64. The molecule has 0 spiro atoms. The number of rotatable bonds is 11. The number of anilines is 1. The molecule has 2 aromatic rings. The number of carbonyl (C=O) groups excluding carboxylic acids is 2. The predicted octanol–water partition coefficient (Wildman–Crippen LogP) is 5.81. The first kappa shape index (κ1) is 35.6. The standard InChI is InChI=1S/C31H35F6N3O5S/c1-43-17-18-45-20-27(42)39-11-9-22(10-12-39)38-23-3-2-4-24(19-23)46-25-7-5-21(6-8-26(41)40-13-15-44-16-14-40)28(30(32,33)34)29(25)31(35,36)37/h2-8,19,22,38H,9-18,20H2,1H3/b8-6+. The molecule has 4 rings (SSSR count). The Morgan fingerprint density at radius 1 is 0.957 bits per heavy atom. The van der Waals surface area contributed by atoms with Crippen molar-refractivity contribution in [2.24, 2.45) is 0 Å². The molecule has 0 saturated carbocycles. The summed E-state index contributed by atoms with van der Waals surface area (Å²) in [6.07, 6.45) is -7.80. The molecule has 0 radical (unpaired) electrons. The zero-order valence-corrected chi connectivity index (χ0v) is 25.9. The van der Waals surface area contributed by atoms with Crippen molar-refractivity contribution in [2.45, 2.75) is 41.0 Å². The van der Waals surface area contributed by atoms with E-state index in [2.05, 4.69) is 5.32 Å². The molecule has 0 atom stereocenters. The van der Waals surface area contributed by atoms with E-state index in [1.807, 2.05) is 0 Å². The molecule has 15 heteroatoms. The highest BCUT2D eigenvalue weighted by molar-refractivity contribution is 7.99. The molecule has 46 heavy (non-hydrogen) atoms. The molecule has 0 bridgehead atoms. The van der Waals surface area contributed by atoms with Gasteiger partial charge >= 0.3 is 12.4 Å². The van der Waals surface area contributed by atoms with Crippen LogP contribution in [0.2, 0.25) is 0 Å². The Bertz CT molecular complexity index is 1370. The number of methoxy groups -OCH3 is 1. The third kappa shape index (κ3) is 9.86. The number of carbonyl (C=O) groups is 2. The lowest BCUT2D eigenvalue weighted by Crippen LogP contribution is -2.43. The first-order chi connectivity index (χ1) is 21.9. The van der Waals surface area contributed by atoms with E-state index in [9.17, 15) is 35.9 Å². The smallest absolute Gasteiger partial charge is 0.382 e. The normalized spacial score (nSPS) is 16.7. The summed E-state index contributed by atoms with van der Waals surface area (Å²) in [4.78, 5) is 27.5. The van der Waals surface area contributed by atoms with E-state index in [0.717, 1.165) is 24.3 Å². The Morgan fingerprint density at radius 2 is 1.65 bits per heavy atom. The van der Waals surface area contributed by atoms with Gasteiger partial charge in [0.1, 0.15) is 6.61 Å². The molecule has 2 heterocycles. The average molecular weight is 676 g/mol. The van der Waals surface area contributed by atoms with Gasteiger partial charge in [0.25, 0.3) is 0 Å². The largest absolute Gasteiger partial charge is 0.418 e. The van der Waals surface area contributed by atoms with E-state index in [4.69, 9.17) is 14.2 Å². The van der Waals surface area contributed by atoms with E-state index in [1.54, 1.807) is 23.1 Å². The van der Waals surface area contributed by atoms with Crippen molar-refractivity contribution in [3.8, 4) is 0 Å². The Kier molecular flexibility index (Phi) is 12.4. The molecule has 2 amide bonds. The van der Waals surface area contributed by atoms with Gasteiger partial charge in [-0.15, -0.1) is 0 Å². The van der Waals surface area contributed by atoms with Crippen molar-refractivity contribution < 1.29 is 50.1 Å². The van der Waals surface area contributed by atoms with Crippen molar-refractivity contribution in [3.63, 3.8) is 0 Å². The fraction of sp³-hybridized carbons (Fsp3) is 0.484. The van der Waals surface area contributed by atoms with Gasteiger partial charge in [-0.05, 0) is 48.7 Å². The van der Waals surface area contributed by atoms with Gasteiger partial charge in [-0.3, -0.25) is 9.59 Å². The molecule has 2 aromatic carbocycles. The summed E-state index contributed by atoms with van der Waals surface area (Å²) in [7, 11) is 1.54. The molecule has 2 aliphatic rings. The quantitative estimate of drug-likeness (QED) is 0.183. The van der Waals surface area contributed by atoms with Crippen LogP contribution in [0.4, 0.5) is 32.0 Å². The van der Waals surface area contributed by atoms with Crippen LogP contribution in [0.3, 0.4) is 0 Å². The Labute approximate surface area is 267 Å². The van der Waals surface area contributed by atoms with E-state index < -0.39 is 39.8 Å². The van der Waals surface area contributed by atoms with Crippen molar-refractivity contribution in [3.05, 3.63) is 59.2 Å². The second-order valence-corrected chi connectivity index (χ2v) is 11.8. The number of nitrogens with one attached hydrogen (secondary N) is 1. The molecule has 0 aromatic heterocycles. The zero-order chi connectivity index (χ0) is 33.3. The second-order valence-electron chi connectivity index (χ2n) is 10.6. The molecule has 0 unspecified atom stereocenters. The average Bonchev–Trinajstić information content (AvgIpc) is 3.02. The van der Waals surface area contributed by atoms with Crippen LogP contribution in [0, 0.1) is 0 Å². The number of amides is 2. The maximum absolute atomic E-state index is 14.3. The molecule has 0 aliphatic carbocycles. The first-order valence-corrected chi connectivity index (χ1v) is 15.4. The van der Waals surface area contributed by atoms with E-state index in [0.29, 0.717) is 61.5 Å². The first-order valence-electron chi connectivity index (χ1n) is 14.6. The van der Waals surface area contributed by atoms with Crippen LogP contribution in [0.15, 0.2) is 52.3 Å². The maximum Gasteiger partial charge on any atom is 0.418 e. The summed E-state index contributed by atoms with van der Waals surface area (Å²) < 4.78 is 101. The Hall–Kier alpha value is -3.27. The molecule has 252 valence electrons. The number of nitrogens with zero attached hydrogens (tertiary/aromatic N) is 2. The van der Waals surface area contributed by atoms with Crippen LogP contribution in [0.25, 0.3) is 6.08 Å². The number of ether oxygens (including phenoxy) is 3. The molecule has 8 nitrogen and oxygen atoms in total. The predicted molar refractivity (Wildman–Crippen MR) is 159 cm³/mol. The lowest BCUT2D eigenvalue weighted by molar-refractivity contribution is -0.163. The monoisotopic (exact) mass is 675 g/mol. The number of benzene rings is 2. The lowest BCUT2D eigenvalue weighted by atomic mass is 9.99. The summed E-state index contributed by atoms with van der Waals surface area (Å²) in [5.74, 6) is -0.742. The zero-order valence-electron chi connectivity index (χ0n) is 25.1. The van der Waals surface area contributed by atoms with Gasteiger partial charge in [0, 0.05) is 60.9 Å². The third-order valence-electron chi connectivity index (χ3n) is 7.43. The van der Waals surface area contributed by atoms with Crippen molar-refractivity contribution in [1.82, 2.24) is 9.80 Å². The number of hydrogen-bond acceptors (Lipinski definition) is 7. The van der Waals surface area contributed by atoms with Crippen LogP contribution >= 0.6 is 11.8 Å². The van der Waals surface area contributed by atoms with Gasteiger partial charge in [0.2, 0.25) is 11.8 Å². The van der Waals surface area contributed by atoms with E-state index >= 15 is 0 Å². The molecule has 2 saturated heterocycles. The van der Waals surface area contributed by atoms with Gasteiger partial charge in [0.05, 0.1) is 37.6 Å². The van der Waals surface area contributed by atoms with E-state index in [-0.39, 0.29) is 44.9 Å². The van der Waals surface area contributed by atoms with Crippen LogP contribution in [0.5, 0.6) is 0 Å². The van der Waals surface area contributed by atoms with Crippen LogP contribution in [0.1, 0.15) is 29.5 Å². The Balaban J connectivity index is 1.48. The van der Waals surface area contributed by atoms with Gasteiger partial charge in [-0.2, -0.15) is 26.3 Å².